The van der Waals surface area contributed by atoms with Gasteiger partial charge in [-0.3, -0.25) is 0 Å². The Kier molecular flexibility index (Phi) is 3.11. The van der Waals surface area contributed by atoms with Crippen LogP contribution in [-0.4, -0.2) is 5.54 Å². The third-order valence-electron chi connectivity index (χ3n) is 7.88. The van der Waals surface area contributed by atoms with Gasteiger partial charge in [0.15, 0.2) is 0 Å². The smallest absolute Gasteiger partial charge is 0.233 e. The molecule has 0 N–H and O–H groups in total. The Morgan fingerprint density at radius 3 is 2.77 bits per heavy atom. The van der Waals surface area contributed by atoms with Gasteiger partial charge >= 0.3 is 0 Å². The second-order valence-corrected chi connectivity index (χ2v) is 9.91. The zero-order valence-corrected chi connectivity index (χ0v) is 14.7. The van der Waals surface area contributed by atoms with Gasteiger partial charge in [0.05, 0.1) is 0 Å². The van der Waals surface area contributed by atoms with Crippen molar-refractivity contribution in [2.75, 3.05) is 0 Å². The zero-order chi connectivity index (χ0) is 15.7. The lowest BCUT2D eigenvalue weighted by molar-refractivity contribution is -0.0619. The van der Waals surface area contributed by atoms with E-state index in [0.717, 1.165) is 36.0 Å². The molecule has 0 spiro atoms. The first kappa shape index (κ1) is 14.8. The van der Waals surface area contributed by atoms with Gasteiger partial charge in [-0.25, -0.2) is 6.57 Å². The number of rotatable bonds is 0. The van der Waals surface area contributed by atoms with Gasteiger partial charge < -0.3 is 4.85 Å². The molecule has 0 amide bonds. The quantitative estimate of drug-likeness (QED) is 0.397. The lowest BCUT2D eigenvalue weighted by Crippen LogP contribution is -2.56. The predicted octanol–water partition coefficient (Wildman–Crippen LogP) is 5.73. The molecule has 0 bridgehead atoms. The Morgan fingerprint density at radius 1 is 1.27 bits per heavy atom. The predicted molar refractivity (Wildman–Crippen MR) is 91.2 cm³/mol. The highest BCUT2D eigenvalue weighted by Crippen LogP contribution is 2.64. The summed E-state index contributed by atoms with van der Waals surface area (Å²) >= 11 is 0. The molecular formula is C21H31N. The fourth-order valence-electron chi connectivity index (χ4n) is 7.09. The fraction of sp³-hybridized carbons (Fsp3) is 0.857. The van der Waals surface area contributed by atoms with Crippen LogP contribution in [-0.2, 0) is 0 Å². The van der Waals surface area contributed by atoms with Crippen LogP contribution in [0.1, 0.15) is 66.2 Å². The molecule has 7 atom stereocenters. The highest BCUT2D eigenvalue weighted by Gasteiger charge is 2.60. The molecule has 4 aliphatic rings. The second-order valence-electron chi connectivity index (χ2n) is 9.91. The van der Waals surface area contributed by atoms with Gasteiger partial charge in [0.1, 0.15) is 0 Å². The van der Waals surface area contributed by atoms with E-state index in [1.54, 1.807) is 5.57 Å². The van der Waals surface area contributed by atoms with Gasteiger partial charge in [-0.15, -0.1) is 0 Å². The van der Waals surface area contributed by atoms with Crippen molar-refractivity contribution >= 4 is 0 Å². The molecule has 0 aromatic heterocycles. The van der Waals surface area contributed by atoms with Crippen molar-refractivity contribution in [3.63, 3.8) is 0 Å². The fourth-order valence-corrected chi connectivity index (χ4v) is 7.09. The molecule has 120 valence electrons. The summed E-state index contributed by atoms with van der Waals surface area (Å²) in [5.41, 5.74) is 2.19. The minimum absolute atomic E-state index is 0.0855. The summed E-state index contributed by atoms with van der Waals surface area (Å²) in [7, 11) is 0. The summed E-state index contributed by atoms with van der Waals surface area (Å²) in [6.07, 6.45) is 10.4. The molecule has 22 heavy (non-hydrogen) atoms. The van der Waals surface area contributed by atoms with Crippen molar-refractivity contribution in [3.8, 4) is 0 Å². The average molecular weight is 297 g/mol. The van der Waals surface area contributed by atoms with Crippen LogP contribution >= 0.6 is 0 Å². The van der Waals surface area contributed by atoms with E-state index in [-0.39, 0.29) is 5.54 Å². The molecule has 0 saturated heterocycles. The van der Waals surface area contributed by atoms with Crippen molar-refractivity contribution < 1.29 is 0 Å². The maximum absolute atomic E-state index is 7.80. The summed E-state index contributed by atoms with van der Waals surface area (Å²) < 4.78 is 0. The number of allylic oxidation sites excluding steroid dienone is 2. The van der Waals surface area contributed by atoms with Crippen molar-refractivity contribution in [1.82, 2.24) is 0 Å². The van der Waals surface area contributed by atoms with Gasteiger partial charge in [-0.1, -0.05) is 32.4 Å². The average Bonchev–Trinajstić information content (AvgIpc) is 2.45. The molecule has 4 rings (SSSR count). The minimum atomic E-state index is -0.0855. The molecule has 1 heteroatoms. The van der Waals surface area contributed by atoms with Crippen molar-refractivity contribution in [2.45, 2.75) is 71.8 Å². The summed E-state index contributed by atoms with van der Waals surface area (Å²) in [5, 5.41) is 0. The van der Waals surface area contributed by atoms with E-state index in [9.17, 15) is 0 Å². The molecule has 0 aliphatic heterocycles. The van der Waals surface area contributed by atoms with Gasteiger partial charge in [-0.2, -0.15) is 0 Å². The van der Waals surface area contributed by atoms with E-state index in [2.05, 4.69) is 38.6 Å². The third kappa shape index (κ3) is 1.95. The van der Waals surface area contributed by atoms with Crippen LogP contribution in [0.25, 0.3) is 4.85 Å². The first-order valence-electron chi connectivity index (χ1n) is 9.42. The Labute approximate surface area is 136 Å². The highest BCUT2D eigenvalue weighted by molar-refractivity contribution is 5.26. The number of hydrogen-bond donors (Lipinski definition) is 0. The zero-order valence-electron chi connectivity index (χ0n) is 14.7. The standard InChI is InChI=1S/C21H31N/c1-13-10-15-12-20(2,3)11-14-6-7-17-19(18(14)15)16(13)8-9-21(17,4)22-5/h6,13,15-19H,7-12H2,1-4H3/t13-,15-,16+,17-,18-,19+,21-/m1/s1. The molecule has 0 aromatic carbocycles. The van der Waals surface area contributed by atoms with Crippen LogP contribution in [0, 0.1) is 47.5 Å². The summed E-state index contributed by atoms with van der Waals surface area (Å²) in [4.78, 5) is 4.16. The lowest BCUT2D eigenvalue weighted by Gasteiger charge is -2.60. The molecule has 3 saturated carbocycles. The first-order valence-corrected chi connectivity index (χ1v) is 9.42. The van der Waals surface area contributed by atoms with Crippen LogP contribution in [0.2, 0.25) is 0 Å². The van der Waals surface area contributed by atoms with E-state index < -0.39 is 0 Å². The van der Waals surface area contributed by atoms with Gasteiger partial charge in [-0.05, 0) is 67.1 Å². The summed E-state index contributed by atoms with van der Waals surface area (Å²) in [6.45, 7) is 17.5. The summed E-state index contributed by atoms with van der Waals surface area (Å²) in [5.74, 6) is 4.93. The largest absolute Gasteiger partial charge is 0.310 e. The van der Waals surface area contributed by atoms with E-state index in [4.69, 9.17) is 6.57 Å². The molecule has 3 fully saturated rings. The topological polar surface area (TPSA) is 4.36 Å². The monoisotopic (exact) mass is 297 g/mol. The molecular weight excluding hydrogens is 266 g/mol. The van der Waals surface area contributed by atoms with E-state index in [1.165, 1.54) is 32.1 Å². The maximum Gasteiger partial charge on any atom is 0.233 e. The van der Waals surface area contributed by atoms with E-state index in [0.29, 0.717) is 11.3 Å². The first-order chi connectivity index (χ1) is 10.3. The molecule has 0 radical (unpaired) electrons. The van der Waals surface area contributed by atoms with Crippen LogP contribution in [0.5, 0.6) is 0 Å². The molecule has 1 nitrogen and oxygen atoms in total. The molecule has 4 aliphatic carbocycles. The second kappa shape index (κ2) is 4.62. The van der Waals surface area contributed by atoms with Gasteiger partial charge in [0.25, 0.3) is 0 Å². The third-order valence-corrected chi connectivity index (χ3v) is 7.88. The van der Waals surface area contributed by atoms with Crippen molar-refractivity contribution in [1.29, 1.82) is 0 Å². The Balaban J connectivity index is 1.78. The van der Waals surface area contributed by atoms with Crippen LogP contribution in [0.3, 0.4) is 0 Å². The number of nitrogens with zero attached hydrogens (tertiary/aromatic N) is 1. The van der Waals surface area contributed by atoms with Crippen LogP contribution < -0.4 is 0 Å². The lowest BCUT2D eigenvalue weighted by atomic mass is 9.44. The highest BCUT2D eigenvalue weighted by atomic mass is 14.8. The molecule has 0 aromatic rings. The Hall–Kier alpha value is -0.770. The number of hydrogen-bond acceptors (Lipinski definition) is 0. The minimum Gasteiger partial charge on any atom is -0.310 e. The maximum atomic E-state index is 7.80. The van der Waals surface area contributed by atoms with Crippen molar-refractivity contribution in [2.24, 2.45) is 40.9 Å². The van der Waals surface area contributed by atoms with E-state index >= 15 is 0 Å². The van der Waals surface area contributed by atoms with Crippen LogP contribution in [0.4, 0.5) is 0 Å². The van der Waals surface area contributed by atoms with Gasteiger partial charge in [0.2, 0.25) is 5.54 Å². The molecule has 0 unspecified atom stereocenters. The van der Waals surface area contributed by atoms with E-state index in [1.807, 2.05) is 0 Å². The van der Waals surface area contributed by atoms with Crippen LogP contribution in [0.15, 0.2) is 11.6 Å². The van der Waals surface area contributed by atoms with Gasteiger partial charge in [0, 0.05) is 19.3 Å². The molecule has 0 heterocycles. The SMILES string of the molecule is [C-]#[N+][C@]1(C)CC[C@@H]2[C@@H]3[C@@H]4C(=CC[C@H]31)CC(C)(C)C[C@H]4C[C@H]2C. The Morgan fingerprint density at radius 2 is 2.05 bits per heavy atom. The normalized spacial score (nSPS) is 52.2. The Bertz CT molecular complexity index is 551. The summed E-state index contributed by atoms with van der Waals surface area (Å²) in [6, 6.07) is 0. The van der Waals surface area contributed by atoms with Crippen molar-refractivity contribution in [3.05, 3.63) is 23.1 Å².